The average Bonchev–Trinajstić information content (AvgIpc) is 3.19. The Morgan fingerprint density at radius 3 is 2.77 bits per heavy atom. The molecular formula is C24H30N4O2. The molecule has 1 aromatic heterocycles. The number of rotatable bonds is 5. The lowest BCUT2D eigenvalue weighted by Gasteiger charge is -2.33. The molecule has 0 saturated carbocycles. The van der Waals surface area contributed by atoms with Gasteiger partial charge in [-0.05, 0) is 56.6 Å². The minimum Gasteiger partial charge on any atom is -0.320 e. The van der Waals surface area contributed by atoms with Crippen molar-refractivity contribution < 1.29 is 10.0 Å². The Morgan fingerprint density at radius 2 is 2.03 bits per heavy atom. The topological polar surface area (TPSA) is 70.4 Å². The molecule has 0 spiro atoms. The maximum atomic E-state index is 8.81. The van der Waals surface area contributed by atoms with Crippen LogP contribution in [-0.4, -0.2) is 45.7 Å². The molecule has 1 atom stereocenters. The second kappa shape index (κ2) is 10.7. The quantitative estimate of drug-likeness (QED) is 0.371. The lowest BCUT2D eigenvalue weighted by atomic mass is 10.0. The van der Waals surface area contributed by atoms with Gasteiger partial charge in [0.25, 0.3) is 0 Å². The monoisotopic (exact) mass is 406 g/mol. The van der Waals surface area contributed by atoms with Crippen LogP contribution in [0.25, 0.3) is 28.5 Å². The SMILES string of the molecule is C/C=C/c1cccc(-c2nc3ccccc3n2C2CCCN(CC)C2)c1.O=CNO. The number of piperidine rings is 1. The van der Waals surface area contributed by atoms with Crippen molar-refractivity contribution in [3.63, 3.8) is 0 Å². The Morgan fingerprint density at radius 1 is 1.23 bits per heavy atom. The fourth-order valence-electron chi connectivity index (χ4n) is 4.12. The third kappa shape index (κ3) is 4.96. The van der Waals surface area contributed by atoms with Crippen LogP contribution < -0.4 is 5.48 Å². The second-order valence-corrected chi connectivity index (χ2v) is 7.36. The number of nitrogens with zero attached hydrogens (tertiary/aromatic N) is 3. The zero-order valence-electron chi connectivity index (χ0n) is 17.7. The average molecular weight is 407 g/mol. The Labute approximate surface area is 177 Å². The molecule has 4 rings (SSSR count). The van der Waals surface area contributed by atoms with Gasteiger partial charge in [0.1, 0.15) is 5.82 Å². The predicted octanol–water partition coefficient (Wildman–Crippen LogP) is 4.51. The second-order valence-electron chi connectivity index (χ2n) is 7.36. The molecular weight excluding hydrogens is 376 g/mol. The predicted molar refractivity (Wildman–Crippen MR) is 121 cm³/mol. The van der Waals surface area contributed by atoms with Gasteiger partial charge in [-0.2, -0.15) is 0 Å². The number of nitrogens with one attached hydrogen (secondary N) is 1. The van der Waals surface area contributed by atoms with Crippen molar-refractivity contribution in [3.8, 4) is 11.4 Å². The van der Waals surface area contributed by atoms with Crippen molar-refractivity contribution >= 4 is 23.5 Å². The Balaban J connectivity index is 0.000000589. The summed E-state index contributed by atoms with van der Waals surface area (Å²) < 4.78 is 2.49. The highest BCUT2D eigenvalue weighted by Crippen LogP contribution is 2.33. The highest BCUT2D eigenvalue weighted by atomic mass is 16.5. The number of likely N-dealkylation sites (N-methyl/N-ethyl adjacent to an activating group) is 1. The van der Waals surface area contributed by atoms with Crippen LogP contribution in [0.3, 0.4) is 0 Å². The van der Waals surface area contributed by atoms with Gasteiger partial charge in [-0.1, -0.05) is 49.4 Å². The first-order valence-electron chi connectivity index (χ1n) is 10.5. The van der Waals surface area contributed by atoms with Crippen molar-refractivity contribution in [2.24, 2.45) is 0 Å². The van der Waals surface area contributed by atoms with Crippen molar-refractivity contribution in [1.29, 1.82) is 0 Å². The number of hydroxylamine groups is 1. The number of hydrogen-bond donors (Lipinski definition) is 2. The van der Waals surface area contributed by atoms with Crippen LogP contribution in [0.5, 0.6) is 0 Å². The van der Waals surface area contributed by atoms with E-state index in [0.29, 0.717) is 6.04 Å². The Hall–Kier alpha value is -2.96. The van der Waals surface area contributed by atoms with Crippen LogP contribution in [0.1, 0.15) is 38.3 Å². The van der Waals surface area contributed by atoms with Crippen molar-refractivity contribution in [3.05, 3.63) is 60.2 Å². The van der Waals surface area contributed by atoms with Crippen LogP contribution >= 0.6 is 0 Å². The number of carbonyl (C=O) groups is 1. The summed E-state index contributed by atoms with van der Waals surface area (Å²) >= 11 is 0. The summed E-state index contributed by atoms with van der Waals surface area (Å²) in [5.41, 5.74) is 6.02. The van der Waals surface area contributed by atoms with E-state index in [2.05, 4.69) is 84.0 Å². The van der Waals surface area contributed by atoms with E-state index in [0.717, 1.165) is 24.4 Å². The lowest BCUT2D eigenvalue weighted by Crippen LogP contribution is -2.36. The van der Waals surface area contributed by atoms with Gasteiger partial charge in [0.15, 0.2) is 0 Å². The molecule has 1 saturated heterocycles. The molecule has 2 N–H and O–H groups in total. The highest BCUT2D eigenvalue weighted by molar-refractivity contribution is 5.81. The van der Waals surface area contributed by atoms with E-state index in [1.165, 1.54) is 41.5 Å². The molecule has 1 aliphatic rings. The van der Waals surface area contributed by atoms with Crippen LogP contribution in [0, 0.1) is 0 Å². The van der Waals surface area contributed by atoms with Crippen molar-refractivity contribution in [2.45, 2.75) is 32.7 Å². The zero-order valence-corrected chi connectivity index (χ0v) is 17.7. The van der Waals surface area contributed by atoms with Crippen molar-refractivity contribution in [1.82, 2.24) is 19.9 Å². The third-order valence-electron chi connectivity index (χ3n) is 5.45. The van der Waals surface area contributed by atoms with E-state index >= 15 is 0 Å². The lowest BCUT2D eigenvalue weighted by molar-refractivity contribution is -0.116. The zero-order chi connectivity index (χ0) is 21.3. The van der Waals surface area contributed by atoms with E-state index in [1.807, 2.05) is 0 Å². The molecule has 0 aliphatic carbocycles. The van der Waals surface area contributed by atoms with Gasteiger partial charge in [-0.25, -0.2) is 10.5 Å². The number of imidazole rings is 1. The summed E-state index contributed by atoms with van der Waals surface area (Å²) in [6.07, 6.45) is 6.89. The van der Waals surface area contributed by atoms with Crippen LogP contribution in [0.4, 0.5) is 0 Å². The minimum absolute atomic E-state index is 0.181. The number of benzene rings is 2. The van der Waals surface area contributed by atoms with Gasteiger partial charge >= 0.3 is 0 Å². The molecule has 2 aromatic carbocycles. The molecule has 1 unspecified atom stereocenters. The number of para-hydroxylation sites is 2. The van der Waals surface area contributed by atoms with Crippen molar-refractivity contribution in [2.75, 3.05) is 19.6 Å². The molecule has 6 nitrogen and oxygen atoms in total. The molecule has 0 radical (unpaired) electrons. The summed E-state index contributed by atoms with van der Waals surface area (Å²) in [6.45, 7) is 7.76. The molecule has 30 heavy (non-hydrogen) atoms. The maximum absolute atomic E-state index is 8.81. The highest BCUT2D eigenvalue weighted by Gasteiger charge is 2.25. The van der Waals surface area contributed by atoms with E-state index in [9.17, 15) is 0 Å². The van der Waals surface area contributed by atoms with Gasteiger partial charge in [-0.3, -0.25) is 10.0 Å². The van der Waals surface area contributed by atoms with Gasteiger partial charge in [0, 0.05) is 18.2 Å². The summed E-state index contributed by atoms with van der Waals surface area (Å²) in [4.78, 5) is 16.4. The standard InChI is InChI=1S/C23H27N3.CH3NO2/c1-3-9-18-10-7-11-19(16-18)23-24-21-13-5-6-14-22(21)26(23)20-12-8-15-25(4-2)17-20;3-1-2-4/h3,5-7,9-11,13-14,16,20H,4,8,12,15,17H2,1-2H3;1,4H,(H,2,3)/b9-3+;. The molecule has 158 valence electrons. The summed E-state index contributed by atoms with van der Waals surface area (Å²) in [5.74, 6) is 1.10. The van der Waals surface area contributed by atoms with Gasteiger partial charge in [0.2, 0.25) is 6.41 Å². The number of aromatic nitrogens is 2. The molecule has 1 fully saturated rings. The fraction of sp³-hybridized carbons (Fsp3) is 0.333. The van der Waals surface area contributed by atoms with Gasteiger partial charge in [-0.15, -0.1) is 0 Å². The first kappa shape index (κ1) is 21.7. The molecule has 0 bridgehead atoms. The fourth-order valence-corrected chi connectivity index (χ4v) is 4.12. The number of allylic oxidation sites excluding steroid dienone is 1. The van der Waals surface area contributed by atoms with Gasteiger partial charge < -0.3 is 9.47 Å². The van der Waals surface area contributed by atoms with Crippen LogP contribution in [0.2, 0.25) is 0 Å². The maximum Gasteiger partial charge on any atom is 0.230 e. The Kier molecular flexibility index (Phi) is 7.76. The summed E-state index contributed by atoms with van der Waals surface area (Å²) in [6, 6.07) is 17.8. The summed E-state index contributed by atoms with van der Waals surface area (Å²) in [5, 5.41) is 7.26. The third-order valence-corrected chi connectivity index (χ3v) is 5.45. The van der Waals surface area contributed by atoms with E-state index in [4.69, 9.17) is 15.0 Å². The van der Waals surface area contributed by atoms with E-state index in [-0.39, 0.29) is 6.41 Å². The number of hydrogen-bond acceptors (Lipinski definition) is 4. The largest absolute Gasteiger partial charge is 0.320 e. The van der Waals surface area contributed by atoms with Crippen LogP contribution in [0.15, 0.2) is 54.6 Å². The van der Waals surface area contributed by atoms with Gasteiger partial charge in [0.05, 0.1) is 11.0 Å². The molecule has 1 amide bonds. The van der Waals surface area contributed by atoms with E-state index < -0.39 is 0 Å². The number of amides is 1. The molecule has 3 aromatic rings. The number of fused-ring (bicyclic) bond motifs is 1. The molecule has 1 aliphatic heterocycles. The minimum atomic E-state index is 0.181. The number of carbonyl (C=O) groups excluding carboxylic acids is 1. The molecule has 6 heteroatoms. The number of likely N-dealkylation sites (tertiary alicyclic amines) is 1. The summed E-state index contributed by atoms with van der Waals surface area (Å²) in [7, 11) is 0. The first-order chi connectivity index (χ1) is 14.7. The first-order valence-corrected chi connectivity index (χ1v) is 10.5. The Bertz CT molecular complexity index is 996. The normalized spacial score (nSPS) is 17.0. The van der Waals surface area contributed by atoms with Crippen LogP contribution in [-0.2, 0) is 4.79 Å². The molecule has 2 heterocycles. The van der Waals surface area contributed by atoms with E-state index in [1.54, 1.807) is 0 Å². The smallest absolute Gasteiger partial charge is 0.230 e.